The van der Waals surface area contributed by atoms with Gasteiger partial charge in [0.1, 0.15) is 0 Å². The summed E-state index contributed by atoms with van der Waals surface area (Å²) in [4.78, 5) is 12.8. The van der Waals surface area contributed by atoms with Crippen LogP contribution in [0.3, 0.4) is 0 Å². The summed E-state index contributed by atoms with van der Waals surface area (Å²) in [6.07, 6.45) is 1.86. The van der Waals surface area contributed by atoms with Crippen LogP contribution in [-0.4, -0.2) is 31.0 Å². The van der Waals surface area contributed by atoms with Crippen molar-refractivity contribution >= 4 is 11.7 Å². The molecular formula is C14H19NO4. The predicted molar refractivity (Wildman–Crippen MR) is 71.9 cm³/mol. The Kier molecular flexibility index (Phi) is 4.49. The van der Waals surface area contributed by atoms with Gasteiger partial charge in [0.15, 0.2) is 11.5 Å². The Labute approximate surface area is 112 Å². The van der Waals surface area contributed by atoms with Gasteiger partial charge in [0.25, 0.3) is 0 Å². The van der Waals surface area contributed by atoms with Crippen molar-refractivity contribution in [3.63, 3.8) is 0 Å². The number of anilines is 1. The molecule has 0 bridgehead atoms. The lowest BCUT2D eigenvalue weighted by atomic mass is 10.2. The van der Waals surface area contributed by atoms with Crippen LogP contribution in [0, 0.1) is 0 Å². The van der Waals surface area contributed by atoms with Crippen LogP contribution in [0.4, 0.5) is 5.69 Å². The van der Waals surface area contributed by atoms with Crippen molar-refractivity contribution in [2.45, 2.75) is 26.2 Å². The number of benzene rings is 1. The van der Waals surface area contributed by atoms with Gasteiger partial charge in [0, 0.05) is 31.3 Å². The minimum absolute atomic E-state index is 0.199. The van der Waals surface area contributed by atoms with Crippen LogP contribution in [0.2, 0.25) is 0 Å². The van der Waals surface area contributed by atoms with Gasteiger partial charge in [-0.25, -0.2) is 0 Å². The molecule has 0 spiro atoms. The van der Waals surface area contributed by atoms with E-state index in [0.29, 0.717) is 6.42 Å². The number of fused-ring (bicyclic) bond motifs is 1. The second-order valence-corrected chi connectivity index (χ2v) is 4.52. The molecule has 5 nitrogen and oxygen atoms in total. The number of carbonyl (C=O) groups is 1. The van der Waals surface area contributed by atoms with Gasteiger partial charge in [0.2, 0.25) is 6.79 Å². The van der Waals surface area contributed by atoms with Crippen molar-refractivity contribution in [2.75, 3.05) is 24.8 Å². The van der Waals surface area contributed by atoms with E-state index in [0.717, 1.165) is 36.7 Å². The first-order chi connectivity index (χ1) is 9.20. The molecule has 1 aliphatic rings. The molecule has 1 N–H and O–H groups in total. The van der Waals surface area contributed by atoms with Gasteiger partial charge >= 0.3 is 5.97 Å². The summed E-state index contributed by atoms with van der Waals surface area (Å²) in [6, 6.07) is 5.85. The number of hydrogen-bond donors (Lipinski definition) is 1. The molecule has 0 aromatic heterocycles. The van der Waals surface area contributed by atoms with E-state index in [4.69, 9.17) is 14.6 Å². The van der Waals surface area contributed by atoms with Crippen LogP contribution < -0.4 is 14.4 Å². The van der Waals surface area contributed by atoms with Gasteiger partial charge in [-0.15, -0.1) is 0 Å². The van der Waals surface area contributed by atoms with Crippen molar-refractivity contribution in [2.24, 2.45) is 0 Å². The number of rotatable bonds is 7. The van der Waals surface area contributed by atoms with Crippen molar-refractivity contribution in [1.29, 1.82) is 0 Å². The number of carboxylic acid groups (broad SMARTS) is 1. The maximum atomic E-state index is 10.6. The summed E-state index contributed by atoms with van der Waals surface area (Å²) < 4.78 is 10.7. The summed E-state index contributed by atoms with van der Waals surface area (Å²) in [5.74, 6) is 0.782. The van der Waals surface area contributed by atoms with Crippen LogP contribution in [0.25, 0.3) is 0 Å². The maximum Gasteiger partial charge on any atom is 0.303 e. The minimum atomic E-state index is -0.748. The van der Waals surface area contributed by atoms with E-state index in [2.05, 4.69) is 11.8 Å². The van der Waals surface area contributed by atoms with Crippen molar-refractivity contribution < 1.29 is 19.4 Å². The molecule has 0 fully saturated rings. The second-order valence-electron chi connectivity index (χ2n) is 4.52. The third kappa shape index (κ3) is 3.53. The second kappa shape index (κ2) is 6.31. The van der Waals surface area contributed by atoms with Crippen molar-refractivity contribution in [3.05, 3.63) is 18.2 Å². The predicted octanol–water partition coefficient (Wildman–Crippen LogP) is 2.50. The fourth-order valence-electron chi connectivity index (χ4n) is 2.14. The number of carboxylic acids is 1. The van der Waals surface area contributed by atoms with E-state index in [1.165, 1.54) is 0 Å². The zero-order valence-electron chi connectivity index (χ0n) is 11.1. The minimum Gasteiger partial charge on any atom is -0.481 e. The third-order valence-corrected chi connectivity index (χ3v) is 3.03. The van der Waals surface area contributed by atoms with E-state index in [9.17, 15) is 4.79 Å². The third-order valence-electron chi connectivity index (χ3n) is 3.03. The first kappa shape index (κ1) is 13.5. The molecule has 2 rings (SSSR count). The largest absolute Gasteiger partial charge is 0.481 e. The lowest BCUT2D eigenvalue weighted by molar-refractivity contribution is -0.137. The standard InChI is InChI=1S/C14H19NO4/c1-2-7-15(8-3-4-14(16)17)11-5-6-12-13(9-11)19-10-18-12/h5-6,9H,2-4,7-8,10H2,1H3,(H,16,17). The summed E-state index contributed by atoms with van der Waals surface area (Å²) in [5.41, 5.74) is 1.05. The van der Waals surface area contributed by atoms with Gasteiger partial charge < -0.3 is 19.5 Å². The molecule has 19 heavy (non-hydrogen) atoms. The highest BCUT2D eigenvalue weighted by atomic mass is 16.7. The molecule has 0 saturated heterocycles. The lowest BCUT2D eigenvalue weighted by Gasteiger charge is -2.24. The van der Waals surface area contributed by atoms with Gasteiger partial charge in [-0.3, -0.25) is 4.79 Å². The lowest BCUT2D eigenvalue weighted by Crippen LogP contribution is -2.25. The Morgan fingerprint density at radius 1 is 1.32 bits per heavy atom. The first-order valence-corrected chi connectivity index (χ1v) is 6.57. The van der Waals surface area contributed by atoms with Crippen LogP contribution in [-0.2, 0) is 4.79 Å². The van der Waals surface area contributed by atoms with Crippen molar-refractivity contribution in [1.82, 2.24) is 0 Å². The van der Waals surface area contributed by atoms with Gasteiger partial charge in [-0.05, 0) is 25.0 Å². The Morgan fingerprint density at radius 3 is 2.84 bits per heavy atom. The fourth-order valence-corrected chi connectivity index (χ4v) is 2.14. The van der Waals surface area contributed by atoms with Gasteiger partial charge in [-0.1, -0.05) is 6.92 Å². The van der Waals surface area contributed by atoms with Gasteiger partial charge in [-0.2, -0.15) is 0 Å². The van der Waals surface area contributed by atoms with Crippen LogP contribution in [0.1, 0.15) is 26.2 Å². The Hall–Kier alpha value is -1.91. The van der Waals surface area contributed by atoms with E-state index in [1.54, 1.807) is 0 Å². The molecule has 1 aliphatic heterocycles. The van der Waals surface area contributed by atoms with E-state index in [1.807, 2.05) is 18.2 Å². The summed E-state index contributed by atoms with van der Waals surface area (Å²) in [5, 5.41) is 8.70. The average Bonchev–Trinajstić information content (AvgIpc) is 2.84. The smallest absolute Gasteiger partial charge is 0.303 e. The topological polar surface area (TPSA) is 59.0 Å². The first-order valence-electron chi connectivity index (χ1n) is 6.57. The summed E-state index contributed by atoms with van der Waals surface area (Å²) >= 11 is 0. The molecular weight excluding hydrogens is 246 g/mol. The Bertz CT molecular complexity index is 447. The normalized spacial score (nSPS) is 12.5. The molecule has 5 heteroatoms. The molecule has 104 valence electrons. The summed E-state index contributed by atoms with van der Waals surface area (Å²) in [7, 11) is 0. The summed E-state index contributed by atoms with van der Waals surface area (Å²) in [6.45, 7) is 4.02. The highest BCUT2D eigenvalue weighted by Gasteiger charge is 2.15. The van der Waals surface area contributed by atoms with Crippen LogP contribution >= 0.6 is 0 Å². The number of hydrogen-bond acceptors (Lipinski definition) is 4. The molecule has 0 aliphatic carbocycles. The zero-order chi connectivity index (χ0) is 13.7. The number of ether oxygens (including phenoxy) is 2. The molecule has 1 aromatic rings. The Balaban J connectivity index is 2.03. The Morgan fingerprint density at radius 2 is 2.11 bits per heavy atom. The average molecular weight is 265 g/mol. The van der Waals surface area contributed by atoms with Crippen molar-refractivity contribution in [3.8, 4) is 11.5 Å². The molecule has 0 atom stereocenters. The van der Waals surface area contributed by atoms with E-state index in [-0.39, 0.29) is 13.2 Å². The fraction of sp³-hybridized carbons (Fsp3) is 0.500. The monoisotopic (exact) mass is 265 g/mol. The van der Waals surface area contributed by atoms with Crippen LogP contribution in [0.5, 0.6) is 11.5 Å². The highest BCUT2D eigenvalue weighted by molar-refractivity contribution is 5.66. The number of nitrogens with zero attached hydrogens (tertiary/aromatic N) is 1. The van der Waals surface area contributed by atoms with E-state index >= 15 is 0 Å². The molecule has 0 amide bonds. The number of aliphatic carboxylic acids is 1. The van der Waals surface area contributed by atoms with Gasteiger partial charge in [0.05, 0.1) is 0 Å². The molecule has 1 heterocycles. The molecule has 0 saturated carbocycles. The molecule has 0 radical (unpaired) electrons. The maximum absolute atomic E-state index is 10.6. The molecule has 0 unspecified atom stereocenters. The molecule has 1 aromatic carbocycles. The highest BCUT2D eigenvalue weighted by Crippen LogP contribution is 2.35. The van der Waals surface area contributed by atoms with Crippen LogP contribution in [0.15, 0.2) is 18.2 Å². The van der Waals surface area contributed by atoms with E-state index < -0.39 is 5.97 Å². The quantitative estimate of drug-likeness (QED) is 0.820. The SMILES string of the molecule is CCCN(CCCC(=O)O)c1ccc2c(c1)OCO2. The zero-order valence-corrected chi connectivity index (χ0v) is 11.1.